The van der Waals surface area contributed by atoms with Gasteiger partial charge in [0, 0.05) is 24.7 Å². The number of aryl methyl sites for hydroxylation is 1. The highest BCUT2D eigenvalue weighted by atomic mass is 32.1. The van der Waals surface area contributed by atoms with Gasteiger partial charge in [-0.1, -0.05) is 0 Å². The second kappa shape index (κ2) is 7.46. The van der Waals surface area contributed by atoms with E-state index in [-0.39, 0.29) is 18.4 Å². The van der Waals surface area contributed by atoms with Crippen molar-refractivity contribution in [3.05, 3.63) is 46.6 Å². The molecule has 0 saturated heterocycles. The molecule has 0 atom stereocenters. The van der Waals surface area contributed by atoms with E-state index in [0.717, 1.165) is 11.3 Å². The van der Waals surface area contributed by atoms with Crippen LogP contribution in [0.25, 0.3) is 6.08 Å². The van der Waals surface area contributed by atoms with E-state index in [1.54, 1.807) is 30.9 Å². The van der Waals surface area contributed by atoms with Gasteiger partial charge in [-0.05, 0) is 30.7 Å². The highest BCUT2D eigenvalue weighted by molar-refractivity contribution is 7.07. The maximum absolute atomic E-state index is 11.9. The standard InChI is InChI=1S/C15H16N4O2S/c1-11-5-6-16-13(7-11)18-14(20)8-19(2)15(21)4-3-12-9-22-10-17-12/h3-7,9-10H,8H2,1-2H3,(H,16,18,20)/b4-3+. The van der Waals surface area contributed by atoms with Gasteiger partial charge in [0.25, 0.3) is 0 Å². The van der Waals surface area contributed by atoms with Crippen LogP contribution in [0, 0.1) is 6.92 Å². The Morgan fingerprint density at radius 2 is 2.23 bits per heavy atom. The van der Waals surface area contributed by atoms with E-state index in [2.05, 4.69) is 15.3 Å². The van der Waals surface area contributed by atoms with E-state index in [1.165, 1.54) is 22.3 Å². The van der Waals surface area contributed by atoms with Crippen LogP contribution in [0.1, 0.15) is 11.3 Å². The number of anilines is 1. The first-order valence-corrected chi connectivity index (χ1v) is 7.53. The Hall–Kier alpha value is -2.54. The van der Waals surface area contributed by atoms with Crippen molar-refractivity contribution < 1.29 is 9.59 Å². The average Bonchev–Trinajstić information content (AvgIpc) is 2.97. The fourth-order valence-corrected chi connectivity index (χ4v) is 2.19. The van der Waals surface area contributed by atoms with Crippen molar-refractivity contribution in [2.45, 2.75) is 6.92 Å². The molecular weight excluding hydrogens is 300 g/mol. The van der Waals surface area contributed by atoms with Gasteiger partial charge in [-0.25, -0.2) is 9.97 Å². The van der Waals surface area contributed by atoms with Gasteiger partial charge in [0.2, 0.25) is 11.8 Å². The summed E-state index contributed by atoms with van der Waals surface area (Å²) in [4.78, 5) is 33.2. The molecule has 114 valence electrons. The summed E-state index contributed by atoms with van der Waals surface area (Å²) in [5.74, 6) is -0.0831. The summed E-state index contributed by atoms with van der Waals surface area (Å²) in [6, 6.07) is 3.61. The third-order valence-corrected chi connectivity index (χ3v) is 3.39. The molecule has 22 heavy (non-hydrogen) atoms. The minimum Gasteiger partial charge on any atom is -0.333 e. The summed E-state index contributed by atoms with van der Waals surface area (Å²) in [6.45, 7) is 1.87. The van der Waals surface area contributed by atoms with Crippen molar-refractivity contribution in [2.24, 2.45) is 0 Å². The second-order valence-electron chi connectivity index (χ2n) is 4.71. The fourth-order valence-electron chi connectivity index (χ4n) is 1.67. The van der Waals surface area contributed by atoms with Crippen LogP contribution in [-0.2, 0) is 9.59 Å². The van der Waals surface area contributed by atoms with Gasteiger partial charge in [0.1, 0.15) is 5.82 Å². The molecule has 0 spiro atoms. The minimum absolute atomic E-state index is 0.0458. The maximum Gasteiger partial charge on any atom is 0.246 e. The van der Waals surface area contributed by atoms with E-state index in [4.69, 9.17) is 0 Å². The minimum atomic E-state index is -0.295. The molecule has 0 unspecified atom stereocenters. The average molecular weight is 316 g/mol. The second-order valence-corrected chi connectivity index (χ2v) is 5.43. The summed E-state index contributed by atoms with van der Waals surface area (Å²) < 4.78 is 0. The van der Waals surface area contributed by atoms with Crippen LogP contribution >= 0.6 is 11.3 Å². The van der Waals surface area contributed by atoms with Gasteiger partial charge in [-0.2, -0.15) is 0 Å². The quantitative estimate of drug-likeness (QED) is 0.856. The Labute approximate surface area is 132 Å². The van der Waals surface area contributed by atoms with Gasteiger partial charge in [-0.15, -0.1) is 11.3 Å². The Morgan fingerprint density at radius 3 is 2.91 bits per heavy atom. The molecule has 7 heteroatoms. The Kier molecular flexibility index (Phi) is 5.37. The number of likely N-dealkylation sites (N-methyl/N-ethyl adjacent to an activating group) is 1. The van der Waals surface area contributed by atoms with E-state index in [9.17, 15) is 9.59 Å². The first-order chi connectivity index (χ1) is 10.5. The third-order valence-electron chi connectivity index (χ3n) is 2.79. The number of aromatic nitrogens is 2. The van der Waals surface area contributed by atoms with Gasteiger partial charge < -0.3 is 10.2 Å². The van der Waals surface area contributed by atoms with Crippen molar-refractivity contribution in [3.63, 3.8) is 0 Å². The molecule has 0 saturated carbocycles. The Bertz CT molecular complexity index is 683. The zero-order chi connectivity index (χ0) is 15.9. The molecule has 0 aliphatic heterocycles. The van der Waals surface area contributed by atoms with Crippen LogP contribution in [0.3, 0.4) is 0 Å². The Morgan fingerprint density at radius 1 is 1.41 bits per heavy atom. The molecule has 6 nitrogen and oxygen atoms in total. The molecule has 2 aromatic heterocycles. The number of hydrogen-bond donors (Lipinski definition) is 1. The van der Waals surface area contributed by atoms with Gasteiger partial charge >= 0.3 is 0 Å². The number of pyridine rings is 1. The van der Waals surface area contributed by atoms with Crippen LogP contribution in [0.15, 0.2) is 35.3 Å². The zero-order valence-corrected chi connectivity index (χ0v) is 13.1. The lowest BCUT2D eigenvalue weighted by molar-refractivity contribution is -0.129. The van der Waals surface area contributed by atoms with Crippen LogP contribution < -0.4 is 5.32 Å². The summed E-state index contributed by atoms with van der Waals surface area (Å²) in [6.07, 6.45) is 4.64. The highest BCUT2D eigenvalue weighted by Gasteiger charge is 2.11. The van der Waals surface area contributed by atoms with Crippen LogP contribution in [0.5, 0.6) is 0 Å². The van der Waals surface area contributed by atoms with Gasteiger partial charge in [0.15, 0.2) is 0 Å². The molecule has 0 aliphatic rings. The lowest BCUT2D eigenvalue weighted by Crippen LogP contribution is -2.34. The molecule has 0 radical (unpaired) electrons. The van der Waals surface area contributed by atoms with Crippen LogP contribution in [0.4, 0.5) is 5.82 Å². The maximum atomic E-state index is 11.9. The number of thiazole rings is 1. The van der Waals surface area contributed by atoms with E-state index < -0.39 is 0 Å². The van der Waals surface area contributed by atoms with Crippen molar-refractivity contribution >= 4 is 35.0 Å². The van der Waals surface area contributed by atoms with Crippen molar-refractivity contribution in [1.29, 1.82) is 0 Å². The molecule has 2 aromatic rings. The summed E-state index contributed by atoms with van der Waals surface area (Å²) in [7, 11) is 1.57. The molecule has 0 fully saturated rings. The van der Waals surface area contributed by atoms with E-state index in [1.807, 2.05) is 18.4 Å². The van der Waals surface area contributed by atoms with E-state index >= 15 is 0 Å². The smallest absolute Gasteiger partial charge is 0.246 e. The molecule has 1 N–H and O–H groups in total. The molecule has 0 aliphatic carbocycles. The molecule has 0 bridgehead atoms. The van der Waals surface area contributed by atoms with Crippen LogP contribution in [0.2, 0.25) is 0 Å². The number of nitrogens with zero attached hydrogens (tertiary/aromatic N) is 3. The SMILES string of the molecule is Cc1ccnc(NC(=O)CN(C)C(=O)/C=C/c2cscn2)c1. The largest absolute Gasteiger partial charge is 0.333 e. The summed E-state index contributed by atoms with van der Waals surface area (Å²) in [5, 5.41) is 4.49. The number of amides is 2. The normalized spacial score (nSPS) is 10.6. The first kappa shape index (κ1) is 15.8. The van der Waals surface area contributed by atoms with E-state index in [0.29, 0.717) is 5.82 Å². The lowest BCUT2D eigenvalue weighted by Gasteiger charge is -2.14. The number of hydrogen-bond acceptors (Lipinski definition) is 5. The highest BCUT2D eigenvalue weighted by Crippen LogP contribution is 2.06. The molecule has 2 amide bonds. The fraction of sp³-hybridized carbons (Fsp3) is 0.200. The molecule has 2 heterocycles. The number of nitrogens with one attached hydrogen (secondary N) is 1. The van der Waals surface area contributed by atoms with Gasteiger partial charge in [0.05, 0.1) is 17.7 Å². The Balaban J connectivity index is 1.86. The summed E-state index contributed by atoms with van der Waals surface area (Å²) >= 11 is 1.45. The van der Waals surface area contributed by atoms with Gasteiger partial charge in [-0.3, -0.25) is 9.59 Å². The van der Waals surface area contributed by atoms with Crippen molar-refractivity contribution in [2.75, 3.05) is 18.9 Å². The zero-order valence-electron chi connectivity index (χ0n) is 12.3. The monoisotopic (exact) mass is 316 g/mol. The van der Waals surface area contributed by atoms with Crippen molar-refractivity contribution in [3.8, 4) is 0 Å². The molecule has 2 rings (SSSR count). The molecule has 0 aromatic carbocycles. The predicted octanol–water partition coefficient (Wildman–Crippen LogP) is 1.96. The predicted molar refractivity (Wildman–Crippen MR) is 86.4 cm³/mol. The number of carbonyl (C=O) groups is 2. The lowest BCUT2D eigenvalue weighted by atomic mass is 10.3. The summed E-state index contributed by atoms with van der Waals surface area (Å²) in [5.41, 5.74) is 3.41. The number of carbonyl (C=O) groups excluding carboxylic acids is 2. The molecular formula is C15H16N4O2S. The topological polar surface area (TPSA) is 75.2 Å². The van der Waals surface area contributed by atoms with Crippen LogP contribution in [-0.4, -0.2) is 40.3 Å². The van der Waals surface area contributed by atoms with Crippen molar-refractivity contribution in [1.82, 2.24) is 14.9 Å². The first-order valence-electron chi connectivity index (χ1n) is 6.58. The third kappa shape index (κ3) is 4.78. The number of rotatable bonds is 5.